The number of nitrogens with one attached hydrogen (secondary N) is 2. The fourth-order valence-corrected chi connectivity index (χ4v) is 5.13. The molecule has 1 saturated carbocycles. The number of carbonyl (C=O) groups is 1. The highest BCUT2D eigenvalue weighted by molar-refractivity contribution is 7.14. The second-order valence-corrected chi connectivity index (χ2v) is 10.7. The van der Waals surface area contributed by atoms with Crippen molar-refractivity contribution in [1.82, 2.24) is 9.97 Å². The van der Waals surface area contributed by atoms with Crippen LogP contribution >= 0.6 is 11.3 Å². The van der Waals surface area contributed by atoms with E-state index in [9.17, 15) is 4.79 Å². The highest BCUT2D eigenvalue weighted by atomic mass is 32.1. The fraction of sp³-hybridized carbons (Fsp3) is 0.423. The predicted molar refractivity (Wildman–Crippen MR) is 133 cm³/mol. The lowest BCUT2D eigenvalue weighted by Crippen LogP contribution is -2.31. The van der Waals surface area contributed by atoms with Crippen LogP contribution in [-0.2, 0) is 4.79 Å². The summed E-state index contributed by atoms with van der Waals surface area (Å²) >= 11 is 1.56. The van der Waals surface area contributed by atoms with Crippen molar-refractivity contribution in [2.45, 2.75) is 53.4 Å². The summed E-state index contributed by atoms with van der Waals surface area (Å²) in [4.78, 5) is 21.7. The zero-order valence-electron chi connectivity index (χ0n) is 19.3. The average Bonchev–Trinajstić information content (AvgIpc) is 3.25. The van der Waals surface area contributed by atoms with Crippen LogP contribution in [0.3, 0.4) is 0 Å². The molecule has 6 heteroatoms. The lowest BCUT2D eigenvalue weighted by atomic mass is 9.69. The van der Waals surface area contributed by atoms with Gasteiger partial charge in [0.05, 0.1) is 5.69 Å². The molecule has 4 rings (SSSR count). The third-order valence-electron chi connectivity index (χ3n) is 6.53. The van der Waals surface area contributed by atoms with Crippen LogP contribution in [0.4, 0.5) is 16.5 Å². The molecule has 0 spiro atoms. The normalized spacial score (nSPS) is 18.9. The molecule has 168 valence electrons. The van der Waals surface area contributed by atoms with Crippen molar-refractivity contribution < 1.29 is 4.79 Å². The second kappa shape index (κ2) is 9.41. The van der Waals surface area contributed by atoms with Crippen molar-refractivity contribution in [1.29, 1.82) is 0 Å². The standard InChI is InChI=1S/C26H32N4OS/c1-17-7-12-21(28-24(31)18-8-10-20(11-9-18)26(2,3)4)14-22(17)29-25-30-23(16-32-25)19-6-5-13-27-15-19/h5-7,12-16,18,20H,8-11H2,1-4H3,(H,28,31)(H,29,30). The van der Waals surface area contributed by atoms with Gasteiger partial charge in [0.1, 0.15) is 0 Å². The van der Waals surface area contributed by atoms with Crippen LogP contribution in [0, 0.1) is 24.2 Å². The Morgan fingerprint density at radius 2 is 1.91 bits per heavy atom. The van der Waals surface area contributed by atoms with Gasteiger partial charge in [-0.2, -0.15) is 0 Å². The predicted octanol–water partition coefficient (Wildman–Crippen LogP) is 7.05. The van der Waals surface area contributed by atoms with Gasteiger partial charge in [-0.25, -0.2) is 4.98 Å². The summed E-state index contributed by atoms with van der Waals surface area (Å²) in [6.07, 6.45) is 7.78. The Morgan fingerprint density at radius 1 is 1.12 bits per heavy atom. The Kier molecular flexibility index (Phi) is 6.60. The smallest absolute Gasteiger partial charge is 0.227 e. The number of hydrogen-bond donors (Lipinski definition) is 2. The SMILES string of the molecule is Cc1ccc(NC(=O)C2CCC(C(C)(C)C)CC2)cc1Nc1nc(-c2cccnc2)cs1. The van der Waals surface area contributed by atoms with E-state index in [-0.39, 0.29) is 11.8 Å². The van der Waals surface area contributed by atoms with E-state index in [4.69, 9.17) is 0 Å². The Labute approximate surface area is 194 Å². The van der Waals surface area contributed by atoms with Gasteiger partial charge in [-0.15, -0.1) is 11.3 Å². The van der Waals surface area contributed by atoms with E-state index in [2.05, 4.69) is 48.3 Å². The zero-order chi connectivity index (χ0) is 22.7. The summed E-state index contributed by atoms with van der Waals surface area (Å²) in [7, 11) is 0. The summed E-state index contributed by atoms with van der Waals surface area (Å²) in [5.74, 6) is 0.948. The van der Waals surface area contributed by atoms with Crippen molar-refractivity contribution in [3.63, 3.8) is 0 Å². The van der Waals surface area contributed by atoms with Crippen molar-refractivity contribution >= 4 is 33.8 Å². The van der Waals surface area contributed by atoms with E-state index in [0.29, 0.717) is 11.3 Å². The number of benzene rings is 1. The highest BCUT2D eigenvalue weighted by Gasteiger charge is 2.32. The number of rotatable bonds is 5. The molecule has 0 aliphatic heterocycles. The first kappa shape index (κ1) is 22.5. The number of nitrogens with zero attached hydrogens (tertiary/aromatic N) is 2. The van der Waals surface area contributed by atoms with Crippen LogP contribution in [0.5, 0.6) is 0 Å². The monoisotopic (exact) mass is 448 g/mol. The fourth-order valence-electron chi connectivity index (χ4n) is 4.39. The van der Waals surface area contributed by atoms with Gasteiger partial charge in [-0.05, 0) is 73.8 Å². The number of pyridine rings is 1. The summed E-state index contributed by atoms with van der Waals surface area (Å²) in [5.41, 5.74) is 5.10. The molecule has 0 radical (unpaired) electrons. The average molecular weight is 449 g/mol. The van der Waals surface area contributed by atoms with E-state index in [1.807, 2.05) is 41.9 Å². The minimum Gasteiger partial charge on any atom is -0.331 e. The Balaban J connectivity index is 1.40. The van der Waals surface area contributed by atoms with E-state index >= 15 is 0 Å². The molecule has 1 aliphatic carbocycles. The number of aromatic nitrogens is 2. The third-order valence-corrected chi connectivity index (χ3v) is 7.29. The van der Waals surface area contributed by atoms with Gasteiger partial charge in [-0.1, -0.05) is 26.8 Å². The topological polar surface area (TPSA) is 66.9 Å². The molecule has 2 N–H and O–H groups in total. The first-order valence-corrected chi connectivity index (χ1v) is 12.2. The molecule has 0 bridgehead atoms. The van der Waals surface area contributed by atoms with Crippen LogP contribution in [0.25, 0.3) is 11.3 Å². The minimum atomic E-state index is 0.104. The van der Waals surface area contributed by atoms with Gasteiger partial charge >= 0.3 is 0 Å². The molecule has 1 aliphatic rings. The lowest BCUT2D eigenvalue weighted by Gasteiger charge is -2.36. The molecule has 32 heavy (non-hydrogen) atoms. The first-order valence-electron chi connectivity index (χ1n) is 11.3. The number of carbonyl (C=O) groups excluding carboxylic acids is 1. The first-order chi connectivity index (χ1) is 15.3. The van der Waals surface area contributed by atoms with E-state index in [1.165, 1.54) is 0 Å². The molecular weight excluding hydrogens is 416 g/mol. The Bertz CT molecular complexity index is 1060. The van der Waals surface area contributed by atoms with Crippen LogP contribution in [0.2, 0.25) is 0 Å². The van der Waals surface area contributed by atoms with E-state index < -0.39 is 0 Å². The van der Waals surface area contributed by atoms with Crippen LogP contribution < -0.4 is 10.6 Å². The van der Waals surface area contributed by atoms with Gasteiger partial charge < -0.3 is 10.6 Å². The molecule has 1 amide bonds. The van der Waals surface area contributed by atoms with Gasteiger partial charge in [0, 0.05) is 40.6 Å². The number of amides is 1. The zero-order valence-corrected chi connectivity index (χ0v) is 20.1. The molecule has 2 heterocycles. The maximum Gasteiger partial charge on any atom is 0.227 e. The number of hydrogen-bond acceptors (Lipinski definition) is 5. The number of aryl methyl sites for hydroxylation is 1. The van der Waals surface area contributed by atoms with Crippen LogP contribution in [-0.4, -0.2) is 15.9 Å². The summed E-state index contributed by atoms with van der Waals surface area (Å²) < 4.78 is 0. The molecule has 3 aromatic rings. The maximum atomic E-state index is 12.9. The lowest BCUT2D eigenvalue weighted by molar-refractivity contribution is -0.121. The summed E-state index contributed by atoms with van der Waals surface area (Å²) in [6, 6.07) is 9.92. The molecule has 1 fully saturated rings. The Hall–Kier alpha value is -2.73. The van der Waals surface area contributed by atoms with Crippen LogP contribution in [0.1, 0.15) is 52.0 Å². The highest BCUT2D eigenvalue weighted by Crippen LogP contribution is 2.40. The van der Waals surface area contributed by atoms with Crippen molar-refractivity contribution in [2.75, 3.05) is 10.6 Å². The van der Waals surface area contributed by atoms with E-state index in [1.54, 1.807) is 17.5 Å². The van der Waals surface area contributed by atoms with Gasteiger partial charge in [0.25, 0.3) is 0 Å². The van der Waals surface area contributed by atoms with Crippen LogP contribution in [0.15, 0.2) is 48.1 Å². The van der Waals surface area contributed by atoms with Gasteiger partial charge in [0.2, 0.25) is 5.91 Å². The molecular formula is C26H32N4OS. The van der Waals surface area contributed by atoms with E-state index in [0.717, 1.165) is 59.0 Å². The largest absolute Gasteiger partial charge is 0.331 e. The maximum absolute atomic E-state index is 12.9. The summed E-state index contributed by atoms with van der Waals surface area (Å²) in [6.45, 7) is 8.97. The van der Waals surface area contributed by atoms with Crippen molar-refractivity contribution in [3.05, 3.63) is 53.7 Å². The number of anilines is 3. The van der Waals surface area contributed by atoms with Crippen molar-refractivity contribution in [2.24, 2.45) is 17.3 Å². The molecule has 0 unspecified atom stereocenters. The second-order valence-electron chi connectivity index (χ2n) is 9.84. The molecule has 0 atom stereocenters. The van der Waals surface area contributed by atoms with Gasteiger partial charge in [0.15, 0.2) is 5.13 Å². The number of thiazole rings is 1. The van der Waals surface area contributed by atoms with Gasteiger partial charge in [-0.3, -0.25) is 9.78 Å². The van der Waals surface area contributed by atoms with Crippen molar-refractivity contribution in [3.8, 4) is 11.3 Å². The summed E-state index contributed by atoms with van der Waals surface area (Å²) in [5, 5.41) is 9.40. The third kappa shape index (κ3) is 5.36. The molecule has 2 aromatic heterocycles. The minimum absolute atomic E-state index is 0.104. The Morgan fingerprint density at radius 3 is 2.59 bits per heavy atom. The molecule has 5 nitrogen and oxygen atoms in total. The molecule has 1 aromatic carbocycles. The quantitative estimate of drug-likeness (QED) is 0.439. The molecule has 0 saturated heterocycles.